The van der Waals surface area contributed by atoms with Gasteiger partial charge < -0.3 is 14.8 Å². The fraction of sp³-hybridized carbons (Fsp3) is 0.316. The molecular weight excluding hydrogens is 370 g/mol. The number of para-hydroxylation sites is 2. The van der Waals surface area contributed by atoms with Crippen LogP contribution in [0.4, 0.5) is 5.69 Å². The first kappa shape index (κ1) is 18.3. The zero-order valence-electron chi connectivity index (χ0n) is 14.3. The summed E-state index contributed by atoms with van der Waals surface area (Å²) >= 11 is 3.45. The van der Waals surface area contributed by atoms with Gasteiger partial charge in [0.15, 0.2) is 0 Å². The number of hydrogen-bond acceptors (Lipinski definition) is 3. The number of hydrogen-bond donors (Lipinski definition) is 1. The molecule has 0 bridgehead atoms. The van der Waals surface area contributed by atoms with Gasteiger partial charge in [0.25, 0.3) is 5.91 Å². The Bertz CT molecular complexity index is 714. The van der Waals surface area contributed by atoms with Crippen molar-refractivity contribution >= 4 is 27.5 Å². The maximum absolute atomic E-state index is 12.5. The lowest BCUT2D eigenvalue weighted by Gasteiger charge is -2.15. The third kappa shape index (κ3) is 4.99. The lowest BCUT2D eigenvalue weighted by molar-refractivity contribution is 0.102. The summed E-state index contributed by atoms with van der Waals surface area (Å²) in [4.78, 5) is 12.5. The van der Waals surface area contributed by atoms with E-state index in [1.807, 2.05) is 52.0 Å². The Balaban J connectivity index is 2.17. The number of halogens is 1. The van der Waals surface area contributed by atoms with Gasteiger partial charge in [0.2, 0.25) is 0 Å². The molecule has 0 saturated carbocycles. The molecule has 0 radical (unpaired) electrons. The summed E-state index contributed by atoms with van der Waals surface area (Å²) in [5.74, 6) is 1.16. The van der Waals surface area contributed by atoms with Gasteiger partial charge in [0.05, 0.1) is 22.4 Å². The van der Waals surface area contributed by atoms with Crippen LogP contribution in [0.15, 0.2) is 46.9 Å². The molecule has 1 amide bonds. The number of amides is 1. The Morgan fingerprint density at radius 3 is 2.21 bits per heavy atom. The molecule has 0 aliphatic heterocycles. The maximum Gasteiger partial charge on any atom is 0.255 e. The minimum absolute atomic E-state index is 0.0321. The van der Waals surface area contributed by atoms with E-state index in [1.165, 1.54) is 0 Å². The van der Waals surface area contributed by atoms with Crippen LogP contribution < -0.4 is 14.8 Å². The highest BCUT2D eigenvalue weighted by molar-refractivity contribution is 9.10. The topological polar surface area (TPSA) is 47.6 Å². The molecule has 2 aromatic carbocycles. The van der Waals surface area contributed by atoms with E-state index >= 15 is 0 Å². The molecule has 0 spiro atoms. The third-order valence-corrected chi connectivity index (χ3v) is 3.67. The standard InChI is InChI=1S/C19H22BrNO3/c1-12(2)23-17-10-9-14(11-15(17)20)19(22)21-16-7-5-6-8-18(16)24-13(3)4/h5-13H,1-4H3,(H,21,22). The van der Waals surface area contributed by atoms with Crippen molar-refractivity contribution in [2.75, 3.05) is 5.32 Å². The average molecular weight is 392 g/mol. The minimum Gasteiger partial charge on any atom is -0.490 e. The van der Waals surface area contributed by atoms with Crippen molar-refractivity contribution in [2.45, 2.75) is 39.9 Å². The molecule has 2 rings (SSSR count). The van der Waals surface area contributed by atoms with E-state index in [1.54, 1.807) is 18.2 Å². The quantitative estimate of drug-likeness (QED) is 0.728. The van der Waals surface area contributed by atoms with Crippen molar-refractivity contribution in [3.8, 4) is 11.5 Å². The van der Waals surface area contributed by atoms with Gasteiger partial charge in [-0.15, -0.1) is 0 Å². The predicted octanol–water partition coefficient (Wildman–Crippen LogP) is 5.28. The number of anilines is 1. The molecule has 0 saturated heterocycles. The summed E-state index contributed by atoms with van der Waals surface area (Å²) in [7, 11) is 0. The molecule has 0 unspecified atom stereocenters. The fourth-order valence-electron chi connectivity index (χ4n) is 2.11. The summed E-state index contributed by atoms with van der Waals surface area (Å²) in [6, 6.07) is 12.7. The van der Waals surface area contributed by atoms with Crippen LogP contribution in [-0.2, 0) is 0 Å². The van der Waals surface area contributed by atoms with Crippen molar-refractivity contribution in [3.63, 3.8) is 0 Å². The van der Waals surface area contributed by atoms with E-state index in [4.69, 9.17) is 9.47 Å². The van der Waals surface area contributed by atoms with Gasteiger partial charge in [-0.25, -0.2) is 0 Å². The molecule has 128 valence electrons. The highest BCUT2D eigenvalue weighted by Gasteiger charge is 2.13. The molecule has 0 atom stereocenters. The Morgan fingerprint density at radius 1 is 0.958 bits per heavy atom. The predicted molar refractivity (Wildman–Crippen MR) is 100 cm³/mol. The van der Waals surface area contributed by atoms with Crippen LogP contribution in [0.5, 0.6) is 11.5 Å². The van der Waals surface area contributed by atoms with Gasteiger partial charge >= 0.3 is 0 Å². The SMILES string of the molecule is CC(C)Oc1ccc(C(=O)Nc2ccccc2OC(C)C)cc1Br. The lowest BCUT2D eigenvalue weighted by Crippen LogP contribution is -2.14. The largest absolute Gasteiger partial charge is 0.490 e. The summed E-state index contributed by atoms with van der Waals surface area (Å²) in [6.07, 6.45) is 0.102. The van der Waals surface area contributed by atoms with Crippen LogP contribution in [-0.4, -0.2) is 18.1 Å². The monoisotopic (exact) mass is 391 g/mol. The normalized spacial score (nSPS) is 10.8. The minimum atomic E-state index is -0.202. The number of ether oxygens (including phenoxy) is 2. The van der Waals surface area contributed by atoms with Crippen molar-refractivity contribution < 1.29 is 14.3 Å². The smallest absolute Gasteiger partial charge is 0.255 e. The van der Waals surface area contributed by atoms with Gasteiger partial charge in [-0.3, -0.25) is 4.79 Å². The van der Waals surface area contributed by atoms with Crippen LogP contribution in [0.3, 0.4) is 0 Å². The molecule has 0 aromatic heterocycles. The molecule has 0 fully saturated rings. The molecule has 0 aliphatic rings. The van der Waals surface area contributed by atoms with E-state index in [2.05, 4.69) is 21.2 Å². The van der Waals surface area contributed by atoms with Gasteiger partial charge in [0.1, 0.15) is 11.5 Å². The number of rotatable bonds is 6. The first-order chi connectivity index (χ1) is 11.4. The van der Waals surface area contributed by atoms with E-state index in [0.717, 1.165) is 4.47 Å². The van der Waals surface area contributed by atoms with Crippen LogP contribution >= 0.6 is 15.9 Å². The molecule has 2 aromatic rings. The highest BCUT2D eigenvalue weighted by Crippen LogP contribution is 2.29. The molecule has 4 nitrogen and oxygen atoms in total. The van der Waals surface area contributed by atoms with Gasteiger partial charge in [0, 0.05) is 5.56 Å². The summed E-state index contributed by atoms with van der Waals surface area (Å²) < 4.78 is 12.1. The molecule has 24 heavy (non-hydrogen) atoms. The van der Waals surface area contributed by atoms with Gasteiger partial charge in [-0.05, 0) is 74.0 Å². The lowest BCUT2D eigenvalue weighted by atomic mass is 10.2. The van der Waals surface area contributed by atoms with Gasteiger partial charge in [-0.1, -0.05) is 12.1 Å². The Morgan fingerprint density at radius 2 is 1.58 bits per heavy atom. The van der Waals surface area contributed by atoms with Crippen molar-refractivity contribution in [2.24, 2.45) is 0 Å². The first-order valence-corrected chi connectivity index (χ1v) is 8.69. The second-order valence-corrected chi connectivity index (χ2v) is 6.78. The van der Waals surface area contributed by atoms with E-state index in [0.29, 0.717) is 22.7 Å². The molecule has 1 N–H and O–H groups in total. The first-order valence-electron chi connectivity index (χ1n) is 7.90. The molecule has 0 heterocycles. The fourth-order valence-corrected chi connectivity index (χ4v) is 2.58. The van der Waals surface area contributed by atoms with Crippen LogP contribution in [0, 0.1) is 0 Å². The van der Waals surface area contributed by atoms with E-state index in [9.17, 15) is 4.79 Å². The van der Waals surface area contributed by atoms with Crippen LogP contribution in [0.1, 0.15) is 38.1 Å². The average Bonchev–Trinajstić information content (AvgIpc) is 2.50. The number of carbonyl (C=O) groups excluding carboxylic acids is 1. The Kier molecular flexibility index (Phi) is 6.26. The number of benzene rings is 2. The van der Waals surface area contributed by atoms with Crippen LogP contribution in [0.2, 0.25) is 0 Å². The van der Waals surface area contributed by atoms with Gasteiger partial charge in [-0.2, -0.15) is 0 Å². The second kappa shape index (κ2) is 8.20. The van der Waals surface area contributed by atoms with Crippen molar-refractivity contribution in [1.82, 2.24) is 0 Å². The highest BCUT2D eigenvalue weighted by atomic mass is 79.9. The number of carbonyl (C=O) groups is 1. The molecule has 0 aliphatic carbocycles. The Labute approximate surface area is 151 Å². The zero-order valence-corrected chi connectivity index (χ0v) is 15.9. The zero-order chi connectivity index (χ0) is 17.7. The van der Waals surface area contributed by atoms with E-state index < -0.39 is 0 Å². The third-order valence-electron chi connectivity index (χ3n) is 3.05. The molecule has 5 heteroatoms. The summed E-state index contributed by atoms with van der Waals surface area (Å²) in [5.41, 5.74) is 1.19. The van der Waals surface area contributed by atoms with Crippen molar-refractivity contribution in [3.05, 3.63) is 52.5 Å². The maximum atomic E-state index is 12.5. The summed E-state index contributed by atoms with van der Waals surface area (Å²) in [5, 5.41) is 2.89. The second-order valence-electron chi connectivity index (χ2n) is 5.93. The molecular formula is C19H22BrNO3. The summed E-state index contributed by atoms with van der Waals surface area (Å²) in [6.45, 7) is 7.81. The number of nitrogens with one attached hydrogen (secondary N) is 1. The Hall–Kier alpha value is -2.01. The van der Waals surface area contributed by atoms with Crippen molar-refractivity contribution in [1.29, 1.82) is 0 Å². The van der Waals surface area contributed by atoms with E-state index in [-0.39, 0.29) is 18.1 Å². The van der Waals surface area contributed by atoms with Crippen LogP contribution in [0.25, 0.3) is 0 Å².